The smallest absolute Gasteiger partial charge is 0.237 e. The van der Waals surface area contributed by atoms with Gasteiger partial charge in [-0.25, -0.2) is 0 Å². The molecule has 102 valence electrons. The molecule has 1 aromatic rings. The maximum Gasteiger partial charge on any atom is 0.237 e. The van der Waals surface area contributed by atoms with Crippen LogP contribution in [0.4, 0.5) is 0 Å². The summed E-state index contributed by atoms with van der Waals surface area (Å²) in [7, 11) is 2.14. The second kappa shape index (κ2) is 4.94. The van der Waals surface area contributed by atoms with E-state index in [-0.39, 0.29) is 11.9 Å². The minimum atomic E-state index is 0.193. The summed E-state index contributed by atoms with van der Waals surface area (Å²) < 4.78 is 0. The summed E-state index contributed by atoms with van der Waals surface area (Å²) in [4.78, 5) is 16.7. The second-order valence-electron chi connectivity index (χ2n) is 5.74. The number of rotatable bonds is 1. The van der Waals surface area contributed by atoms with Crippen molar-refractivity contribution < 1.29 is 4.79 Å². The molecule has 4 heteroatoms. The fourth-order valence-electron chi connectivity index (χ4n) is 3.28. The lowest BCUT2D eigenvalue weighted by atomic mass is 9.96. The van der Waals surface area contributed by atoms with E-state index < -0.39 is 0 Å². The molecule has 1 aromatic carbocycles. The molecule has 2 aliphatic heterocycles. The number of piperazine rings is 2. The van der Waals surface area contributed by atoms with E-state index in [0.717, 1.165) is 19.6 Å². The average Bonchev–Trinajstić information content (AvgIpc) is 2.37. The number of likely N-dealkylation sites (N-methyl/N-ethyl adjacent to an activating group) is 1. The Morgan fingerprint density at radius 2 is 2.16 bits per heavy atom. The van der Waals surface area contributed by atoms with Crippen LogP contribution in [0.3, 0.4) is 0 Å². The molecule has 2 aliphatic rings. The maximum absolute atomic E-state index is 12.2. The van der Waals surface area contributed by atoms with Crippen LogP contribution >= 0.6 is 0 Å². The number of nitrogens with one attached hydrogen (secondary N) is 1. The lowest BCUT2D eigenvalue weighted by molar-refractivity contribution is -0.142. The quantitative estimate of drug-likeness (QED) is 0.809. The predicted molar refractivity (Wildman–Crippen MR) is 74.9 cm³/mol. The van der Waals surface area contributed by atoms with Gasteiger partial charge >= 0.3 is 0 Å². The molecule has 0 aromatic heterocycles. The van der Waals surface area contributed by atoms with E-state index in [9.17, 15) is 4.79 Å². The summed E-state index contributed by atoms with van der Waals surface area (Å²) in [6.45, 7) is 5.36. The van der Waals surface area contributed by atoms with Crippen molar-refractivity contribution in [3.63, 3.8) is 0 Å². The zero-order valence-electron chi connectivity index (χ0n) is 11.6. The summed E-state index contributed by atoms with van der Waals surface area (Å²) in [6.07, 6.45) is 0. The van der Waals surface area contributed by atoms with Crippen LogP contribution in [0.1, 0.15) is 17.2 Å². The number of aryl methyl sites for hydroxylation is 1. The number of hydrogen-bond acceptors (Lipinski definition) is 3. The van der Waals surface area contributed by atoms with E-state index in [4.69, 9.17) is 0 Å². The first-order valence-corrected chi connectivity index (χ1v) is 6.92. The highest BCUT2D eigenvalue weighted by atomic mass is 16.2. The van der Waals surface area contributed by atoms with Gasteiger partial charge in [0.2, 0.25) is 5.91 Å². The number of nitrogens with zero attached hydrogens (tertiary/aromatic N) is 2. The van der Waals surface area contributed by atoms with E-state index in [1.54, 1.807) is 0 Å². The molecular formula is C15H21N3O. The Balaban J connectivity index is 1.95. The number of benzene rings is 1. The highest BCUT2D eigenvalue weighted by Crippen LogP contribution is 2.29. The SMILES string of the molecule is Cc1cccc(C2CN(C)CC3CNCC(=O)N32)c1. The number of carbonyl (C=O) groups is 1. The molecule has 0 bridgehead atoms. The largest absolute Gasteiger partial charge is 0.328 e. The van der Waals surface area contributed by atoms with Crippen LogP contribution in [-0.4, -0.2) is 55.0 Å². The van der Waals surface area contributed by atoms with E-state index in [2.05, 4.69) is 53.4 Å². The predicted octanol–water partition coefficient (Wildman–Crippen LogP) is 0.782. The summed E-state index contributed by atoms with van der Waals surface area (Å²) in [6, 6.07) is 9.02. The number of amides is 1. The van der Waals surface area contributed by atoms with Crippen molar-refractivity contribution >= 4 is 5.91 Å². The molecule has 0 spiro atoms. The monoisotopic (exact) mass is 259 g/mol. The van der Waals surface area contributed by atoms with Crippen LogP contribution in [0, 0.1) is 6.92 Å². The molecule has 2 fully saturated rings. The second-order valence-corrected chi connectivity index (χ2v) is 5.74. The van der Waals surface area contributed by atoms with Crippen molar-refractivity contribution in [2.45, 2.75) is 19.0 Å². The zero-order chi connectivity index (χ0) is 13.4. The zero-order valence-corrected chi connectivity index (χ0v) is 11.6. The van der Waals surface area contributed by atoms with E-state index in [1.165, 1.54) is 11.1 Å². The number of fused-ring (bicyclic) bond motifs is 1. The Morgan fingerprint density at radius 3 is 2.95 bits per heavy atom. The molecule has 0 aliphatic carbocycles. The fraction of sp³-hybridized carbons (Fsp3) is 0.533. The summed E-state index contributed by atoms with van der Waals surface area (Å²) in [5.74, 6) is 0.232. The van der Waals surface area contributed by atoms with Crippen molar-refractivity contribution in [1.82, 2.24) is 15.1 Å². The Bertz CT molecular complexity index is 488. The molecule has 2 atom stereocenters. The van der Waals surface area contributed by atoms with Gasteiger partial charge in [-0.1, -0.05) is 29.8 Å². The number of hydrogen-bond donors (Lipinski definition) is 1. The number of carbonyl (C=O) groups excluding carboxylic acids is 1. The van der Waals surface area contributed by atoms with Crippen molar-refractivity contribution in [2.24, 2.45) is 0 Å². The lowest BCUT2D eigenvalue weighted by Crippen LogP contribution is -2.63. The maximum atomic E-state index is 12.2. The molecule has 2 saturated heterocycles. The summed E-state index contributed by atoms with van der Waals surface area (Å²) in [5, 5.41) is 3.22. The van der Waals surface area contributed by atoms with Gasteiger partial charge in [-0.3, -0.25) is 4.79 Å². The summed E-state index contributed by atoms with van der Waals surface area (Å²) in [5.41, 5.74) is 2.51. The van der Waals surface area contributed by atoms with E-state index in [1.807, 2.05) is 0 Å². The van der Waals surface area contributed by atoms with Crippen molar-refractivity contribution in [1.29, 1.82) is 0 Å². The lowest BCUT2D eigenvalue weighted by Gasteiger charge is -2.48. The van der Waals surface area contributed by atoms with Crippen molar-refractivity contribution in [3.05, 3.63) is 35.4 Å². The van der Waals surface area contributed by atoms with E-state index >= 15 is 0 Å². The third-order valence-corrected chi connectivity index (χ3v) is 4.11. The Morgan fingerprint density at radius 1 is 1.32 bits per heavy atom. The molecule has 0 radical (unpaired) electrons. The molecule has 2 heterocycles. The highest BCUT2D eigenvalue weighted by molar-refractivity contribution is 5.80. The molecule has 0 saturated carbocycles. The molecule has 1 N–H and O–H groups in total. The van der Waals surface area contributed by atoms with Crippen LogP contribution < -0.4 is 5.32 Å². The van der Waals surface area contributed by atoms with Gasteiger partial charge in [0.1, 0.15) is 0 Å². The first-order valence-electron chi connectivity index (χ1n) is 6.92. The minimum Gasteiger partial charge on any atom is -0.328 e. The van der Waals surface area contributed by atoms with Gasteiger partial charge < -0.3 is 15.1 Å². The van der Waals surface area contributed by atoms with Gasteiger partial charge in [0, 0.05) is 19.6 Å². The molecule has 2 unspecified atom stereocenters. The average molecular weight is 259 g/mol. The summed E-state index contributed by atoms with van der Waals surface area (Å²) >= 11 is 0. The topological polar surface area (TPSA) is 35.6 Å². The van der Waals surface area contributed by atoms with Crippen LogP contribution in [0.15, 0.2) is 24.3 Å². The normalized spacial score (nSPS) is 28.3. The first kappa shape index (κ1) is 12.6. The fourth-order valence-corrected chi connectivity index (χ4v) is 3.28. The molecular weight excluding hydrogens is 238 g/mol. The molecule has 3 rings (SSSR count). The van der Waals surface area contributed by atoms with Gasteiger partial charge in [0.05, 0.1) is 18.6 Å². The van der Waals surface area contributed by atoms with Crippen LogP contribution in [0.5, 0.6) is 0 Å². The molecule has 4 nitrogen and oxygen atoms in total. The Hall–Kier alpha value is -1.39. The van der Waals surface area contributed by atoms with Crippen molar-refractivity contribution in [3.8, 4) is 0 Å². The third kappa shape index (κ3) is 2.38. The van der Waals surface area contributed by atoms with Crippen LogP contribution in [0.2, 0.25) is 0 Å². The van der Waals surface area contributed by atoms with Gasteiger partial charge in [-0.2, -0.15) is 0 Å². The van der Waals surface area contributed by atoms with E-state index in [0.29, 0.717) is 12.6 Å². The van der Waals surface area contributed by atoms with Gasteiger partial charge in [0.15, 0.2) is 0 Å². The van der Waals surface area contributed by atoms with Gasteiger partial charge in [-0.05, 0) is 19.5 Å². The third-order valence-electron chi connectivity index (χ3n) is 4.11. The molecule has 1 amide bonds. The Labute approximate surface area is 114 Å². The van der Waals surface area contributed by atoms with Crippen LogP contribution in [-0.2, 0) is 4.79 Å². The van der Waals surface area contributed by atoms with Gasteiger partial charge in [-0.15, -0.1) is 0 Å². The molecule has 19 heavy (non-hydrogen) atoms. The van der Waals surface area contributed by atoms with Crippen molar-refractivity contribution in [2.75, 3.05) is 33.2 Å². The van der Waals surface area contributed by atoms with Gasteiger partial charge in [0.25, 0.3) is 0 Å². The standard InChI is InChI=1S/C15H21N3O/c1-11-4-3-5-12(6-11)14-10-17(2)9-13-7-16-8-15(19)18(13)14/h3-6,13-14,16H,7-10H2,1-2H3. The first-order chi connectivity index (χ1) is 9.15. The minimum absolute atomic E-state index is 0.193. The van der Waals surface area contributed by atoms with Crippen LogP contribution in [0.25, 0.3) is 0 Å². The Kier molecular flexibility index (Phi) is 3.29. The highest BCUT2D eigenvalue weighted by Gasteiger charge is 2.38.